The summed E-state index contributed by atoms with van der Waals surface area (Å²) in [5.74, 6) is 0. The number of nitrogens with zero attached hydrogens (tertiary/aromatic N) is 3. The van der Waals surface area contributed by atoms with Gasteiger partial charge in [0.15, 0.2) is 0 Å². The number of hydrogen-bond acceptors (Lipinski definition) is 1. The number of rotatable bonds is 4. The molecule has 4 heteroatoms. The predicted molar refractivity (Wildman–Crippen MR) is 224 cm³/mol. The van der Waals surface area contributed by atoms with Crippen LogP contribution in [0.3, 0.4) is 0 Å². The van der Waals surface area contributed by atoms with Crippen LogP contribution in [0.2, 0.25) is 0 Å². The van der Waals surface area contributed by atoms with Gasteiger partial charge in [0.1, 0.15) is 11.2 Å². The molecule has 7 aromatic carbocycles. The fourth-order valence-electron chi connectivity index (χ4n) is 9.39. The zero-order valence-electron chi connectivity index (χ0n) is 29.0. The zero-order chi connectivity index (χ0) is 34.9. The maximum atomic E-state index is 6.37. The summed E-state index contributed by atoms with van der Waals surface area (Å²) >= 11 is 0. The van der Waals surface area contributed by atoms with Crippen molar-refractivity contribution in [2.24, 2.45) is 0 Å². The molecule has 12 rings (SSSR count). The summed E-state index contributed by atoms with van der Waals surface area (Å²) in [6, 6.07) is 50.7. The molecule has 0 fully saturated rings. The van der Waals surface area contributed by atoms with E-state index < -0.39 is 0 Å². The van der Waals surface area contributed by atoms with Crippen molar-refractivity contribution in [1.29, 1.82) is 0 Å². The minimum atomic E-state index is 0.873. The molecule has 0 aliphatic carbocycles. The van der Waals surface area contributed by atoms with Crippen LogP contribution in [-0.2, 0) is 0 Å². The van der Waals surface area contributed by atoms with Crippen LogP contribution >= 0.6 is 0 Å². The monoisotopic (exact) mass is 677 g/mol. The number of benzene rings is 7. The average Bonchev–Trinajstić information content (AvgIpc) is 3.99. The molecule has 0 aliphatic heterocycles. The highest BCUT2D eigenvalue weighted by molar-refractivity contribution is 6.25. The summed E-state index contributed by atoms with van der Waals surface area (Å²) in [5, 5.41) is 11.1. The largest absolute Gasteiger partial charge is 0.456 e. The minimum absolute atomic E-state index is 0.873. The van der Waals surface area contributed by atoms with Gasteiger partial charge >= 0.3 is 0 Å². The van der Waals surface area contributed by atoms with Crippen molar-refractivity contribution >= 4 is 105 Å². The summed E-state index contributed by atoms with van der Waals surface area (Å²) in [6.07, 6.45) is 6.35. The molecule has 0 N–H and O–H groups in total. The van der Waals surface area contributed by atoms with E-state index in [1.807, 2.05) is 18.2 Å². The summed E-state index contributed by atoms with van der Waals surface area (Å²) in [7, 11) is 0. The van der Waals surface area contributed by atoms with E-state index in [-0.39, 0.29) is 0 Å². The summed E-state index contributed by atoms with van der Waals surface area (Å²) in [6.45, 7) is 6.43. The Bertz CT molecular complexity index is 3540. The second-order valence-corrected chi connectivity index (χ2v) is 14.1. The molecule has 12 aromatic rings. The number of para-hydroxylation sites is 4. The maximum Gasteiger partial charge on any atom is 0.137 e. The third-order valence-electron chi connectivity index (χ3n) is 11.5. The molecule has 4 nitrogen and oxygen atoms in total. The van der Waals surface area contributed by atoms with Gasteiger partial charge in [-0.15, -0.1) is 0 Å². The van der Waals surface area contributed by atoms with E-state index >= 15 is 0 Å². The van der Waals surface area contributed by atoms with E-state index in [0.717, 1.165) is 50.1 Å². The molecule has 248 valence electrons. The van der Waals surface area contributed by atoms with E-state index in [1.54, 1.807) is 0 Å². The van der Waals surface area contributed by atoms with Crippen LogP contribution in [0.4, 0.5) is 0 Å². The van der Waals surface area contributed by atoms with Crippen LogP contribution < -0.4 is 0 Å². The molecule has 0 aliphatic rings. The normalized spacial score (nSPS) is 12.6. The molecule has 5 aromatic heterocycles. The standard InChI is InChI=1S/C49H31N3O/c1-3-12-37-39(4-2)50(30-22-24-34-33-14-7-10-20-45(33)53-46(34)28-30)42-25-26-43-48(47(37)42)38-15-6-9-19-41(38)51(43)29-21-23-32-36-17-11-16-35-31-13-5-8-18-40(31)52(49(35)36)44(32)27-29/h3-28H,2H2,1H3/b12-3-. The molecule has 5 heterocycles. The van der Waals surface area contributed by atoms with Gasteiger partial charge in [0, 0.05) is 71.5 Å². The van der Waals surface area contributed by atoms with Crippen LogP contribution in [0.25, 0.3) is 116 Å². The lowest BCUT2D eigenvalue weighted by molar-refractivity contribution is 0.668. The number of fused-ring (bicyclic) bond motifs is 14. The summed E-state index contributed by atoms with van der Waals surface area (Å²) in [5.41, 5.74) is 13.4. The van der Waals surface area contributed by atoms with Gasteiger partial charge < -0.3 is 18.0 Å². The smallest absolute Gasteiger partial charge is 0.137 e. The highest BCUT2D eigenvalue weighted by Crippen LogP contribution is 2.44. The summed E-state index contributed by atoms with van der Waals surface area (Å²) < 4.78 is 13.6. The van der Waals surface area contributed by atoms with E-state index in [9.17, 15) is 0 Å². The first-order valence-corrected chi connectivity index (χ1v) is 18.2. The summed E-state index contributed by atoms with van der Waals surface area (Å²) in [4.78, 5) is 0. The molecule has 0 radical (unpaired) electrons. The van der Waals surface area contributed by atoms with Crippen LogP contribution in [0.5, 0.6) is 0 Å². The second kappa shape index (κ2) is 10.3. The van der Waals surface area contributed by atoms with Gasteiger partial charge in [-0.1, -0.05) is 97.6 Å². The van der Waals surface area contributed by atoms with Crippen molar-refractivity contribution in [2.75, 3.05) is 0 Å². The van der Waals surface area contributed by atoms with E-state index in [2.05, 4.69) is 167 Å². The van der Waals surface area contributed by atoms with Crippen molar-refractivity contribution in [3.05, 3.63) is 163 Å². The Morgan fingerprint density at radius 2 is 1.11 bits per heavy atom. The van der Waals surface area contributed by atoms with E-state index in [0.29, 0.717) is 0 Å². The van der Waals surface area contributed by atoms with Gasteiger partial charge in [0.05, 0.1) is 38.8 Å². The highest BCUT2D eigenvalue weighted by atomic mass is 16.3. The van der Waals surface area contributed by atoms with Crippen LogP contribution in [0.15, 0.2) is 157 Å². The maximum absolute atomic E-state index is 6.37. The van der Waals surface area contributed by atoms with E-state index in [4.69, 9.17) is 4.42 Å². The van der Waals surface area contributed by atoms with Crippen molar-refractivity contribution < 1.29 is 4.42 Å². The Labute approximate surface area is 303 Å². The first kappa shape index (κ1) is 28.6. The molecule has 0 unspecified atom stereocenters. The highest BCUT2D eigenvalue weighted by Gasteiger charge is 2.24. The first-order valence-electron chi connectivity index (χ1n) is 18.2. The van der Waals surface area contributed by atoms with Gasteiger partial charge in [0.2, 0.25) is 0 Å². The van der Waals surface area contributed by atoms with Gasteiger partial charge in [-0.25, -0.2) is 0 Å². The molecule has 0 amide bonds. The third kappa shape index (κ3) is 3.59. The van der Waals surface area contributed by atoms with Gasteiger partial charge in [0.25, 0.3) is 0 Å². The van der Waals surface area contributed by atoms with Gasteiger partial charge in [-0.05, 0) is 67.6 Å². The number of aromatic nitrogens is 3. The van der Waals surface area contributed by atoms with Crippen molar-refractivity contribution in [2.45, 2.75) is 6.92 Å². The fraction of sp³-hybridized carbons (Fsp3) is 0.0204. The van der Waals surface area contributed by atoms with Gasteiger partial charge in [-0.2, -0.15) is 0 Å². The van der Waals surface area contributed by atoms with Crippen molar-refractivity contribution in [3.63, 3.8) is 0 Å². The first-order chi connectivity index (χ1) is 26.2. The quantitative estimate of drug-likeness (QED) is 0.182. The van der Waals surface area contributed by atoms with Crippen molar-refractivity contribution in [3.8, 4) is 11.4 Å². The van der Waals surface area contributed by atoms with Crippen LogP contribution in [-0.4, -0.2) is 13.5 Å². The zero-order valence-corrected chi connectivity index (χ0v) is 29.0. The Morgan fingerprint density at radius 1 is 0.491 bits per heavy atom. The van der Waals surface area contributed by atoms with Crippen LogP contribution in [0.1, 0.15) is 18.2 Å². The third-order valence-corrected chi connectivity index (χ3v) is 11.5. The Balaban J connectivity index is 1.17. The molecule has 53 heavy (non-hydrogen) atoms. The number of allylic oxidation sites excluding steroid dienone is 1. The molecular weight excluding hydrogens is 647 g/mol. The Morgan fingerprint density at radius 3 is 1.91 bits per heavy atom. The van der Waals surface area contributed by atoms with Crippen molar-refractivity contribution in [1.82, 2.24) is 13.5 Å². The Kier molecular flexibility index (Phi) is 5.55. The molecule has 0 saturated heterocycles. The lowest BCUT2D eigenvalue weighted by Gasteiger charge is -2.10. The molecule has 0 spiro atoms. The average molecular weight is 678 g/mol. The Hall–Kier alpha value is -7.04. The predicted octanol–water partition coefficient (Wildman–Crippen LogP) is 13.5. The lowest BCUT2D eigenvalue weighted by Crippen LogP contribution is -1.97. The number of furan rings is 1. The van der Waals surface area contributed by atoms with Gasteiger partial charge in [-0.3, -0.25) is 0 Å². The fourth-order valence-corrected chi connectivity index (χ4v) is 9.39. The molecule has 0 bridgehead atoms. The molecule has 0 saturated carbocycles. The molecular formula is C49H31N3O. The number of hydrogen-bond donors (Lipinski definition) is 0. The lowest BCUT2D eigenvalue weighted by atomic mass is 10.0. The molecule has 0 atom stereocenters. The van der Waals surface area contributed by atoms with Crippen LogP contribution in [0, 0.1) is 0 Å². The SMILES string of the molecule is C=Cc1c(/C=C\C)c2c3c4ccccc4n(-c4ccc5c6cccc7c8ccccc8n(c5c4)c76)c3ccc2n1-c1ccc2c(c1)oc1ccccc12. The topological polar surface area (TPSA) is 27.4 Å². The second-order valence-electron chi connectivity index (χ2n) is 14.1. The van der Waals surface area contributed by atoms with E-state index in [1.165, 1.54) is 65.3 Å². The minimum Gasteiger partial charge on any atom is -0.456 e.